The Morgan fingerprint density at radius 1 is 1.04 bits per heavy atom. The van der Waals surface area contributed by atoms with Gasteiger partial charge in [0.25, 0.3) is 0 Å². The number of carbonyl (C=O) groups is 2. The van der Waals surface area contributed by atoms with Crippen molar-refractivity contribution in [3.05, 3.63) is 83.4 Å². The van der Waals surface area contributed by atoms with Gasteiger partial charge in [0.15, 0.2) is 5.78 Å². The number of hydrogen-bond donors (Lipinski definition) is 3. The van der Waals surface area contributed by atoms with Crippen molar-refractivity contribution < 1.29 is 51.0 Å². The molecule has 3 N–H and O–H groups in total. The van der Waals surface area contributed by atoms with Crippen LogP contribution in [0.15, 0.2) is 60.8 Å². The van der Waals surface area contributed by atoms with Gasteiger partial charge < -0.3 is 19.7 Å². The number of anilines is 1. The number of rotatable bonds is 11. The molecule has 3 atom stereocenters. The van der Waals surface area contributed by atoms with Crippen LogP contribution in [0.3, 0.4) is 0 Å². The zero-order valence-corrected chi connectivity index (χ0v) is 32.3. The van der Waals surface area contributed by atoms with Gasteiger partial charge in [-0.15, -0.1) is 0 Å². The molecule has 0 spiro atoms. The van der Waals surface area contributed by atoms with Gasteiger partial charge in [-0.2, -0.15) is 13.2 Å². The fourth-order valence-electron chi connectivity index (χ4n) is 6.09. The lowest BCUT2D eigenvalue weighted by Gasteiger charge is -2.33. The second-order valence-corrected chi connectivity index (χ2v) is 17.5. The van der Waals surface area contributed by atoms with Crippen LogP contribution in [-0.2, 0) is 26.9 Å². The Labute approximate surface area is 318 Å². The third kappa shape index (κ3) is 8.82. The fraction of sp³-hybridized carbons (Fsp3) is 0.436. The van der Waals surface area contributed by atoms with Crippen molar-refractivity contribution in [1.82, 2.24) is 14.7 Å². The molecule has 1 unspecified atom stereocenters. The minimum absolute atomic E-state index is 0.00583. The number of pyridine rings is 2. The zero-order valence-electron chi connectivity index (χ0n) is 31.5. The maximum absolute atomic E-state index is 15.3. The molecule has 2 aromatic carbocycles. The first kappa shape index (κ1) is 41.6. The van der Waals surface area contributed by atoms with Crippen molar-refractivity contribution in [2.75, 3.05) is 24.7 Å². The van der Waals surface area contributed by atoms with Gasteiger partial charge in [-0.05, 0) is 103 Å². The second kappa shape index (κ2) is 15.2. The summed E-state index contributed by atoms with van der Waals surface area (Å²) in [7, 11) is -1.82. The summed E-state index contributed by atoms with van der Waals surface area (Å²) in [6.45, 7) is 10.8. The Morgan fingerprint density at radius 2 is 1.71 bits per heavy atom. The van der Waals surface area contributed by atoms with Crippen LogP contribution in [0, 0.1) is 5.82 Å². The minimum atomic E-state index is -5.39. The molecule has 296 valence electrons. The number of nitrogens with zero attached hydrogens (tertiary/aromatic N) is 3. The largest absolute Gasteiger partial charge is 0.489 e. The fourth-order valence-corrected chi connectivity index (χ4v) is 6.98. The van der Waals surface area contributed by atoms with E-state index in [4.69, 9.17) is 9.47 Å². The number of carbonyl (C=O) groups excluding carboxylic acids is 2. The van der Waals surface area contributed by atoms with Crippen molar-refractivity contribution in [3.63, 3.8) is 0 Å². The maximum atomic E-state index is 15.3. The molecule has 0 radical (unpaired) electrons. The Bertz CT molecular complexity index is 2120. The molecule has 0 saturated heterocycles. The molecule has 4 aromatic rings. The van der Waals surface area contributed by atoms with Gasteiger partial charge in [-0.1, -0.05) is 6.07 Å². The van der Waals surface area contributed by atoms with Gasteiger partial charge in [0, 0.05) is 34.7 Å². The Balaban J connectivity index is 1.68. The number of halogens is 4. The van der Waals surface area contributed by atoms with Gasteiger partial charge >= 0.3 is 12.3 Å². The number of aliphatic hydroxyl groups excluding tert-OH is 1. The molecule has 0 aliphatic carbocycles. The van der Waals surface area contributed by atoms with Gasteiger partial charge in [-0.3, -0.25) is 14.7 Å². The SMILES string of the molecule is CC(C)(C)OC(=O)N1C[C@@](C)(NS(=O)C(C)(C)C)c2cc([C@](O)(CCC(=O)c3cc(OCCO)c4ncccc4c3)C(F)(F)F)nc(-c3ccc(F)cc3)c21. The highest BCUT2D eigenvalue weighted by Gasteiger charge is 2.57. The van der Waals surface area contributed by atoms with Gasteiger partial charge in [0.2, 0.25) is 5.60 Å². The molecule has 11 nitrogen and oxygen atoms in total. The third-order valence-corrected chi connectivity index (χ3v) is 10.6. The molecule has 1 aliphatic rings. The van der Waals surface area contributed by atoms with Crippen LogP contribution in [0.25, 0.3) is 22.2 Å². The van der Waals surface area contributed by atoms with Crippen molar-refractivity contribution in [3.8, 4) is 17.0 Å². The highest BCUT2D eigenvalue weighted by atomic mass is 32.2. The van der Waals surface area contributed by atoms with Crippen LogP contribution in [0.5, 0.6) is 5.75 Å². The number of aliphatic hydroxyl groups is 2. The van der Waals surface area contributed by atoms with Crippen molar-refractivity contribution in [2.45, 2.75) is 89.0 Å². The van der Waals surface area contributed by atoms with E-state index in [1.165, 1.54) is 35.4 Å². The van der Waals surface area contributed by atoms with Gasteiger partial charge in [-0.25, -0.2) is 23.1 Å². The lowest BCUT2D eigenvalue weighted by Crippen LogP contribution is -2.50. The van der Waals surface area contributed by atoms with Crippen LogP contribution in [-0.4, -0.2) is 72.5 Å². The molecule has 0 bridgehead atoms. The Morgan fingerprint density at radius 3 is 2.31 bits per heavy atom. The summed E-state index contributed by atoms with van der Waals surface area (Å²) in [5, 5.41) is 21.5. The molecule has 0 saturated carbocycles. The lowest BCUT2D eigenvalue weighted by molar-refractivity contribution is -0.270. The van der Waals surface area contributed by atoms with Crippen LogP contribution in [0.4, 0.5) is 28.0 Å². The summed E-state index contributed by atoms with van der Waals surface area (Å²) in [6, 6.07) is 11.7. The smallest absolute Gasteiger partial charge is 0.422 e. The van der Waals surface area contributed by atoms with E-state index in [0.717, 1.165) is 18.2 Å². The zero-order chi connectivity index (χ0) is 40.7. The number of amides is 1. The minimum Gasteiger partial charge on any atom is -0.489 e. The average molecular weight is 789 g/mol. The van der Waals surface area contributed by atoms with E-state index in [1.54, 1.807) is 60.6 Å². The first-order valence-electron chi connectivity index (χ1n) is 17.4. The van der Waals surface area contributed by atoms with E-state index in [-0.39, 0.29) is 53.6 Å². The van der Waals surface area contributed by atoms with Gasteiger partial charge in [0.1, 0.15) is 29.3 Å². The Hall–Kier alpha value is -4.51. The monoisotopic (exact) mass is 788 g/mol. The lowest BCUT2D eigenvalue weighted by atomic mass is 9.86. The molecule has 1 aliphatic heterocycles. The number of alkyl halides is 3. The molecular formula is C39H44F4N4O7S. The normalized spacial score (nSPS) is 17.8. The number of ether oxygens (including phenoxy) is 2. The molecule has 5 rings (SSSR count). The van der Waals surface area contributed by atoms with Crippen molar-refractivity contribution in [2.24, 2.45) is 0 Å². The predicted molar refractivity (Wildman–Crippen MR) is 199 cm³/mol. The van der Waals surface area contributed by atoms with Crippen LogP contribution in [0.2, 0.25) is 0 Å². The quantitative estimate of drug-likeness (QED) is 0.106. The highest BCUT2D eigenvalue weighted by molar-refractivity contribution is 7.84. The average Bonchev–Trinajstić information content (AvgIpc) is 3.39. The summed E-state index contributed by atoms with van der Waals surface area (Å²) in [6.07, 6.45) is -6.74. The summed E-state index contributed by atoms with van der Waals surface area (Å²) in [5.74, 6) is -1.27. The van der Waals surface area contributed by atoms with Crippen LogP contribution < -0.4 is 14.4 Å². The third-order valence-electron chi connectivity index (χ3n) is 8.88. The molecule has 1 amide bonds. The molecule has 3 heterocycles. The van der Waals surface area contributed by atoms with E-state index in [1.807, 2.05) is 0 Å². The molecule has 2 aromatic heterocycles. The van der Waals surface area contributed by atoms with E-state index < -0.39 is 74.9 Å². The van der Waals surface area contributed by atoms with E-state index in [2.05, 4.69) is 14.7 Å². The maximum Gasteiger partial charge on any atom is 0.422 e. The number of nitrogens with one attached hydrogen (secondary N) is 1. The number of aromatic nitrogens is 2. The van der Waals surface area contributed by atoms with Crippen LogP contribution in [0.1, 0.15) is 82.9 Å². The molecule has 55 heavy (non-hydrogen) atoms. The summed E-state index contributed by atoms with van der Waals surface area (Å²) >= 11 is 0. The van der Waals surface area contributed by atoms with E-state index >= 15 is 13.2 Å². The van der Waals surface area contributed by atoms with E-state index in [9.17, 15) is 28.4 Å². The van der Waals surface area contributed by atoms with E-state index in [0.29, 0.717) is 10.9 Å². The van der Waals surface area contributed by atoms with Crippen LogP contribution >= 0.6 is 0 Å². The number of Topliss-reactive ketones (excluding diaryl/α,β-unsaturated/α-hetero) is 1. The first-order valence-corrected chi connectivity index (χ1v) is 18.6. The molecule has 16 heteroatoms. The highest BCUT2D eigenvalue weighted by Crippen LogP contribution is 2.50. The topological polar surface area (TPSA) is 151 Å². The van der Waals surface area contributed by atoms with Gasteiger partial charge in [0.05, 0.1) is 51.5 Å². The van der Waals surface area contributed by atoms with Crippen molar-refractivity contribution >= 4 is 39.5 Å². The molecule has 0 fully saturated rings. The number of benzene rings is 2. The summed E-state index contributed by atoms with van der Waals surface area (Å²) in [4.78, 5) is 37.1. The number of ketones is 1. The summed E-state index contributed by atoms with van der Waals surface area (Å²) < 4.78 is 87.0. The predicted octanol–water partition coefficient (Wildman–Crippen LogP) is 7.24. The summed E-state index contributed by atoms with van der Waals surface area (Å²) in [5.41, 5.74) is -6.83. The number of hydrogen-bond acceptors (Lipinski definition) is 9. The molecular weight excluding hydrogens is 745 g/mol. The number of fused-ring (bicyclic) bond motifs is 2. The Kier molecular flexibility index (Phi) is 11.5. The standard InChI is InChI=1S/C39H44F4N4O7S/c1-35(2,3)54-34(50)47-22-37(7,46-55(52)36(4,5)6)27-21-30(45-32(33(27)47)23-10-12-26(40)13-11-23)38(51,39(41,42)43)15-14-28(49)25-19-24-9-8-16-44-31(24)29(20-25)53-18-17-48/h8-13,16,19-21,46,48,51H,14-15,17-18,22H2,1-7H3/t37-,38-,55?/m1/s1. The first-order chi connectivity index (χ1) is 25.5. The second-order valence-electron chi connectivity index (χ2n) is 15.5. The van der Waals surface area contributed by atoms with Crippen molar-refractivity contribution in [1.29, 1.82) is 0 Å².